The molecule has 0 aromatic rings. The Morgan fingerprint density at radius 2 is 2.00 bits per heavy atom. The number of hydrogen-bond acceptors (Lipinski definition) is 2. The normalized spacial score (nSPS) is 28.8. The van der Waals surface area contributed by atoms with E-state index in [4.69, 9.17) is 5.11 Å². The molecule has 2 aliphatic heterocycles. The molecule has 2 aliphatic rings. The molecule has 0 aromatic carbocycles. The van der Waals surface area contributed by atoms with E-state index in [1.54, 1.807) is 0 Å². The van der Waals surface area contributed by atoms with Crippen LogP contribution in [0.4, 0.5) is 18.0 Å². The molecule has 0 saturated carbocycles. The van der Waals surface area contributed by atoms with Crippen molar-refractivity contribution in [3.05, 3.63) is 0 Å². The van der Waals surface area contributed by atoms with Gasteiger partial charge in [-0.25, -0.2) is 4.79 Å². The van der Waals surface area contributed by atoms with Gasteiger partial charge in [-0.1, -0.05) is 0 Å². The summed E-state index contributed by atoms with van der Waals surface area (Å²) >= 11 is 0. The first-order valence-corrected chi connectivity index (χ1v) is 6.53. The number of urea groups is 1. The molecule has 20 heavy (non-hydrogen) atoms. The Morgan fingerprint density at radius 3 is 2.50 bits per heavy atom. The van der Waals surface area contributed by atoms with E-state index >= 15 is 0 Å². The van der Waals surface area contributed by atoms with Crippen molar-refractivity contribution in [1.82, 2.24) is 9.80 Å². The number of fused-ring (bicyclic) bond motifs is 2. The summed E-state index contributed by atoms with van der Waals surface area (Å²) in [6.45, 7) is -0.407. The zero-order valence-electron chi connectivity index (χ0n) is 11.1. The molecule has 2 saturated heterocycles. The van der Waals surface area contributed by atoms with E-state index < -0.39 is 37.1 Å². The van der Waals surface area contributed by atoms with Crippen LogP contribution in [-0.4, -0.2) is 58.8 Å². The minimum Gasteiger partial charge on any atom is -0.481 e. The smallest absolute Gasteiger partial charge is 0.390 e. The number of hydrogen-bond donors (Lipinski definition) is 1. The van der Waals surface area contributed by atoms with Gasteiger partial charge < -0.3 is 14.9 Å². The Kier molecular flexibility index (Phi) is 3.84. The van der Waals surface area contributed by atoms with E-state index in [2.05, 4.69) is 0 Å². The second kappa shape index (κ2) is 5.14. The molecule has 0 radical (unpaired) electrons. The first-order valence-electron chi connectivity index (χ1n) is 6.53. The van der Waals surface area contributed by atoms with Crippen LogP contribution in [0.2, 0.25) is 0 Å². The second-order valence-corrected chi connectivity index (χ2v) is 5.46. The first kappa shape index (κ1) is 14.9. The van der Waals surface area contributed by atoms with Gasteiger partial charge in [0.25, 0.3) is 0 Å². The molecular weight excluding hydrogens is 277 g/mol. The van der Waals surface area contributed by atoms with Crippen LogP contribution in [0.25, 0.3) is 0 Å². The van der Waals surface area contributed by atoms with Crippen LogP contribution in [0, 0.1) is 5.92 Å². The molecule has 0 spiro atoms. The number of carbonyl (C=O) groups excluding carboxylic acids is 1. The lowest BCUT2D eigenvalue weighted by Gasteiger charge is -2.29. The van der Waals surface area contributed by atoms with E-state index in [0.29, 0.717) is 12.8 Å². The number of amides is 2. The molecule has 2 fully saturated rings. The van der Waals surface area contributed by atoms with Gasteiger partial charge in [0.15, 0.2) is 0 Å². The number of alkyl halides is 3. The molecule has 0 aromatic heterocycles. The van der Waals surface area contributed by atoms with Crippen LogP contribution in [0.5, 0.6) is 0 Å². The van der Waals surface area contributed by atoms with Crippen LogP contribution in [0.15, 0.2) is 0 Å². The van der Waals surface area contributed by atoms with Gasteiger partial charge in [0.2, 0.25) is 0 Å². The largest absolute Gasteiger partial charge is 0.481 e. The Morgan fingerprint density at radius 1 is 1.35 bits per heavy atom. The molecule has 2 rings (SSSR count). The summed E-state index contributed by atoms with van der Waals surface area (Å²) in [4.78, 5) is 25.8. The summed E-state index contributed by atoms with van der Waals surface area (Å²) in [5.41, 5.74) is 0. The highest BCUT2D eigenvalue weighted by Gasteiger charge is 2.52. The fourth-order valence-electron chi connectivity index (χ4n) is 3.14. The zero-order valence-corrected chi connectivity index (χ0v) is 11.1. The van der Waals surface area contributed by atoms with Gasteiger partial charge in [-0.3, -0.25) is 4.79 Å². The van der Waals surface area contributed by atoms with E-state index in [1.165, 1.54) is 11.9 Å². The van der Waals surface area contributed by atoms with Gasteiger partial charge in [0.05, 0.1) is 12.3 Å². The SMILES string of the molecule is CN(CCC(F)(F)F)C(=O)N1C2CCC1C(C(=O)O)C2. The molecule has 114 valence electrons. The average Bonchev–Trinajstić information content (AvgIpc) is 2.91. The lowest BCUT2D eigenvalue weighted by atomic mass is 9.89. The van der Waals surface area contributed by atoms with Gasteiger partial charge in [-0.15, -0.1) is 0 Å². The lowest BCUT2D eigenvalue weighted by molar-refractivity contribution is -0.142. The number of carboxylic acids is 1. The third-order valence-corrected chi connectivity index (χ3v) is 4.13. The highest BCUT2D eigenvalue weighted by atomic mass is 19.4. The molecule has 1 N–H and O–H groups in total. The number of nitrogens with zero attached hydrogens (tertiary/aromatic N) is 2. The second-order valence-electron chi connectivity index (χ2n) is 5.46. The summed E-state index contributed by atoms with van der Waals surface area (Å²) in [6, 6.07) is -1.02. The van der Waals surface area contributed by atoms with Gasteiger partial charge in [-0.05, 0) is 19.3 Å². The number of rotatable bonds is 3. The van der Waals surface area contributed by atoms with E-state index in [-0.39, 0.29) is 12.1 Å². The molecule has 5 nitrogen and oxygen atoms in total. The highest BCUT2D eigenvalue weighted by Crippen LogP contribution is 2.42. The zero-order chi connectivity index (χ0) is 15.1. The van der Waals surface area contributed by atoms with Crippen molar-refractivity contribution < 1.29 is 27.9 Å². The van der Waals surface area contributed by atoms with Crippen molar-refractivity contribution in [3.8, 4) is 0 Å². The van der Waals surface area contributed by atoms with Crippen molar-refractivity contribution in [3.63, 3.8) is 0 Å². The monoisotopic (exact) mass is 294 g/mol. The topological polar surface area (TPSA) is 60.9 Å². The number of carboxylic acid groups (broad SMARTS) is 1. The maximum absolute atomic E-state index is 12.2. The minimum absolute atomic E-state index is 0.151. The Hall–Kier alpha value is -1.47. The van der Waals surface area contributed by atoms with Gasteiger partial charge in [-0.2, -0.15) is 13.2 Å². The highest BCUT2D eigenvalue weighted by molar-refractivity contribution is 5.79. The fourth-order valence-corrected chi connectivity index (χ4v) is 3.14. The summed E-state index contributed by atoms with van der Waals surface area (Å²) in [5.74, 6) is -1.53. The summed E-state index contributed by atoms with van der Waals surface area (Å²) in [6.07, 6.45) is -3.62. The van der Waals surface area contributed by atoms with E-state index in [9.17, 15) is 22.8 Å². The van der Waals surface area contributed by atoms with Crippen molar-refractivity contribution in [2.45, 2.75) is 43.9 Å². The molecule has 2 bridgehead atoms. The quantitative estimate of drug-likeness (QED) is 0.865. The van der Waals surface area contributed by atoms with Crippen LogP contribution >= 0.6 is 0 Å². The van der Waals surface area contributed by atoms with Gasteiger partial charge in [0, 0.05) is 25.7 Å². The van der Waals surface area contributed by atoms with Gasteiger partial charge >= 0.3 is 18.2 Å². The maximum atomic E-state index is 12.2. The molecule has 2 heterocycles. The summed E-state index contributed by atoms with van der Waals surface area (Å²) in [7, 11) is 1.32. The fraction of sp³-hybridized carbons (Fsp3) is 0.833. The Bertz CT molecular complexity index is 413. The molecule has 3 atom stereocenters. The van der Waals surface area contributed by atoms with Crippen molar-refractivity contribution in [2.24, 2.45) is 5.92 Å². The van der Waals surface area contributed by atoms with Crippen molar-refractivity contribution >= 4 is 12.0 Å². The van der Waals surface area contributed by atoms with Crippen LogP contribution < -0.4 is 0 Å². The maximum Gasteiger partial charge on any atom is 0.390 e. The van der Waals surface area contributed by atoms with Gasteiger partial charge in [0.1, 0.15) is 0 Å². The molecule has 3 unspecified atom stereocenters. The number of aliphatic carboxylic acids is 1. The molecule has 0 aliphatic carbocycles. The van der Waals surface area contributed by atoms with Crippen LogP contribution in [0.3, 0.4) is 0 Å². The Balaban J connectivity index is 1.98. The molecule has 8 heteroatoms. The molecule has 2 amide bonds. The van der Waals surface area contributed by atoms with Crippen LogP contribution in [-0.2, 0) is 4.79 Å². The van der Waals surface area contributed by atoms with Crippen molar-refractivity contribution in [2.75, 3.05) is 13.6 Å². The van der Waals surface area contributed by atoms with Crippen LogP contribution in [0.1, 0.15) is 25.7 Å². The lowest BCUT2D eigenvalue weighted by Crippen LogP contribution is -2.45. The third-order valence-electron chi connectivity index (χ3n) is 4.13. The number of carbonyl (C=O) groups is 2. The van der Waals surface area contributed by atoms with E-state index in [0.717, 1.165) is 11.3 Å². The number of halogens is 3. The molecular formula is C12H17F3N2O3. The predicted octanol–water partition coefficient (Wildman–Crippen LogP) is 1.93. The minimum atomic E-state index is -4.30. The Labute approximate surface area is 114 Å². The standard InChI is InChI=1S/C12H17F3N2O3/c1-16(5-4-12(13,14)15)11(20)17-7-2-3-9(17)8(6-7)10(18)19/h7-9H,2-6H2,1H3,(H,18,19). The van der Waals surface area contributed by atoms with Crippen molar-refractivity contribution in [1.29, 1.82) is 0 Å². The van der Waals surface area contributed by atoms with E-state index in [1.807, 2.05) is 0 Å². The summed E-state index contributed by atoms with van der Waals surface area (Å²) < 4.78 is 36.5. The third kappa shape index (κ3) is 2.83. The predicted molar refractivity (Wildman–Crippen MR) is 63.1 cm³/mol. The average molecular weight is 294 g/mol. The first-order chi connectivity index (χ1) is 9.20. The summed E-state index contributed by atoms with van der Waals surface area (Å²) in [5, 5.41) is 9.08.